The SMILES string of the molecule is COC(CCCOc1cc(N2CCc3nc(-c4ncccn4)ncc3C2C)cc(F)c1F)CS(N)(=O)=O. The molecule has 0 radical (unpaired) electrons. The van der Waals surface area contributed by atoms with Gasteiger partial charge < -0.3 is 14.4 Å². The molecule has 2 unspecified atom stereocenters. The van der Waals surface area contributed by atoms with Crippen LogP contribution < -0.4 is 14.8 Å². The first-order valence-corrected chi connectivity index (χ1v) is 13.4. The summed E-state index contributed by atoms with van der Waals surface area (Å²) in [5.41, 5.74) is 2.19. The second kappa shape index (κ2) is 11.4. The molecular formula is C24H28F2N6O4S. The van der Waals surface area contributed by atoms with Gasteiger partial charge in [0.05, 0.1) is 30.2 Å². The number of anilines is 1. The van der Waals surface area contributed by atoms with Crippen molar-refractivity contribution in [3.63, 3.8) is 0 Å². The van der Waals surface area contributed by atoms with Crippen molar-refractivity contribution in [3.05, 3.63) is 59.7 Å². The normalized spacial score (nSPS) is 16.4. The van der Waals surface area contributed by atoms with E-state index in [9.17, 15) is 17.2 Å². The van der Waals surface area contributed by atoms with Crippen molar-refractivity contribution in [3.8, 4) is 17.4 Å². The van der Waals surface area contributed by atoms with Crippen LogP contribution >= 0.6 is 0 Å². The number of benzene rings is 1. The summed E-state index contributed by atoms with van der Waals surface area (Å²) >= 11 is 0. The number of sulfonamides is 1. The summed E-state index contributed by atoms with van der Waals surface area (Å²) in [5, 5.41) is 5.06. The first kappa shape index (κ1) is 26.8. The fourth-order valence-electron chi connectivity index (χ4n) is 4.28. The minimum Gasteiger partial charge on any atom is -0.490 e. The van der Waals surface area contributed by atoms with Gasteiger partial charge in [-0.05, 0) is 25.8 Å². The highest BCUT2D eigenvalue weighted by Gasteiger charge is 2.28. The zero-order valence-electron chi connectivity index (χ0n) is 20.5. The van der Waals surface area contributed by atoms with Crippen LogP contribution in [0.4, 0.5) is 14.5 Å². The predicted molar refractivity (Wildman–Crippen MR) is 132 cm³/mol. The molecule has 0 fully saturated rings. The van der Waals surface area contributed by atoms with Gasteiger partial charge in [-0.25, -0.2) is 37.9 Å². The number of aromatic nitrogens is 4. The number of hydrogen-bond donors (Lipinski definition) is 1. The van der Waals surface area contributed by atoms with E-state index in [4.69, 9.17) is 14.6 Å². The second-order valence-electron chi connectivity index (χ2n) is 8.71. The molecule has 2 aromatic heterocycles. The molecule has 37 heavy (non-hydrogen) atoms. The molecule has 198 valence electrons. The molecule has 0 spiro atoms. The second-order valence-corrected chi connectivity index (χ2v) is 10.4. The topological polar surface area (TPSA) is 133 Å². The summed E-state index contributed by atoms with van der Waals surface area (Å²) in [6.07, 6.45) is 5.61. The Bertz CT molecular complexity index is 1350. The summed E-state index contributed by atoms with van der Waals surface area (Å²) in [6.45, 7) is 2.51. The van der Waals surface area contributed by atoms with Crippen molar-refractivity contribution in [2.75, 3.05) is 30.9 Å². The van der Waals surface area contributed by atoms with Crippen molar-refractivity contribution in [2.24, 2.45) is 5.14 Å². The van der Waals surface area contributed by atoms with E-state index in [1.165, 1.54) is 13.2 Å². The maximum absolute atomic E-state index is 14.5. The third-order valence-electron chi connectivity index (χ3n) is 6.16. The first-order valence-electron chi connectivity index (χ1n) is 11.7. The number of primary sulfonamides is 1. The van der Waals surface area contributed by atoms with Crippen LogP contribution in [0, 0.1) is 11.6 Å². The minimum atomic E-state index is -3.69. The predicted octanol–water partition coefficient (Wildman–Crippen LogP) is 2.80. The van der Waals surface area contributed by atoms with Gasteiger partial charge >= 0.3 is 0 Å². The highest BCUT2D eigenvalue weighted by Crippen LogP contribution is 2.36. The number of methoxy groups -OCH3 is 1. The Morgan fingerprint density at radius 2 is 1.95 bits per heavy atom. The molecule has 0 aliphatic carbocycles. The van der Waals surface area contributed by atoms with Crippen molar-refractivity contribution >= 4 is 15.7 Å². The molecule has 13 heteroatoms. The van der Waals surface area contributed by atoms with Crippen LogP contribution in [-0.4, -0.2) is 60.5 Å². The van der Waals surface area contributed by atoms with Gasteiger partial charge in [0, 0.05) is 62.0 Å². The van der Waals surface area contributed by atoms with Crippen molar-refractivity contribution < 1.29 is 26.7 Å². The number of fused-ring (bicyclic) bond motifs is 1. The smallest absolute Gasteiger partial charge is 0.211 e. The zero-order valence-corrected chi connectivity index (χ0v) is 21.3. The molecule has 0 amide bonds. The van der Waals surface area contributed by atoms with E-state index in [0.29, 0.717) is 43.1 Å². The van der Waals surface area contributed by atoms with Gasteiger partial charge in [0.2, 0.25) is 15.8 Å². The molecule has 1 aliphatic heterocycles. The molecule has 2 N–H and O–H groups in total. The number of nitrogens with zero attached hydrogens (tertiary/aromatic N) is 5. The summed E-state index contributed by atoms with van der Waals surface area (Å²) in [7, 11) is -2.31. The average Bonchev–Trinajstić information content (AvgIpc) is 2.88. The van der Waals surface area contributed by atoms with Crippen LogP contribution in [0.5, 0.6) is 5.75 Å². The summed E-state index contributed by atoms with van der Waals surface area (Å²) in [5.74, 6) is -1.80. The Morgan fingerprint density at radius 1 is 1.19 bits per heavy atom. The zero-order chi connectivity index (χ0) is 26.6. The van der Waals surface area contributed by atoms with Crippen LogP contribution in [0.15, 0.2) is 36.8 Å². The lowest BCUT2D eigenvalue weighted by Crippen LogP contribution is -2.35. The maximum atomic E-state index is 14.5. The average molecular weight is 535 g/mol. The third-order valence-corrected chi connectivity index (χ3v) is 7.00. The van der Waals surface area contributed by atoms with Crippen molar-refractivity contribution in [2.45, 2.75) is 38.3 Å². The molecule has 10 nitrogen and oxygen atoms in total. The Labute approximate surface area is 213 Å². The minimum absolute atomic E-state index is 0.0425. The first-order chi connectivity index (χ1) is 17.7. The van der Waals surface area contributed by atoms with E-state index in [0.717, 1.165) is 17.3 Å². The van der Waals surface area contributed by atoms with Gasteiger partial charge in [-0.2, -0.15) is 4.39 Å². The maximum Gasteiger partial charge on any atom is 0.211 e. The highest BCUT2D eigenvalue weighted by atomic mass is 32.2. The van der Waals surface area contributed by atoms with E-state index in [1.807, 2.05) is 11.8 Å². The Balaban J connectivity index is 1.46. The van der Waals surface area contributed by atoms with E-state index >= 15 is 0 Å². The number of hydrogen-bond acceptors (Lipinski definition) is 9. The van der Waals surface area contributed by atoms with Gasteiger partial charge in [0.1, 0.15) is 0 Å². The standard InChI is InChI=1S/C24H28F2N6O4S/c1-15-18-13-30-24(23-28-7-4-8-29-23)31-20(18)6-9-32(15)16-11-19(25)22(26)21(12-16)36-10-3-5-17(35-2)14-37(27,33)34/h4,7-8,11-13,15,17H,3,5-6,9-10,14H2,1-2H3,(H2,27,33,34). The number of nitrogens with two attached hydrogens (primary N) is 1. The van der Waals surface area contributed by atoms with E-state index in [-0.39, 0.29) is 24.2 Å². The summed E-state index contributed by atoms with van der Waals surface area (Å²) in [6, 6.07) is 4.12. The lowest BCUT2D eigenvalue weighted by molar-refractivity contribution is 0.106. The Morgan fingerprint density at radius 3 is 2.65 bits per heavy atom. The van der Waals surface area contributed by atoms with Crippen molar-refractivity contribution in [1.82, 2.24) is 19.9 Å². The Kier molecular flexibility index (Phi) is 8.25. The lowest BCUT2D eigenvalue weighted by Gasteiger charge is -2.36. The quantitative estimate of drug-likeness (QED) is 0.390. The fourth-order valence-corrected chi connectivity index (χ4v) is 5.10. The molecular weight excluding hydrogens is 506 g/mol. The van der Waals surface area contributed by atoms with Gasteiger partial charge in [-0.1, -0.05) is 0 Å². The summed E-state index contributed by atoms with van der Waals surface area (Å²) in [4.78, 5) is 19.4. The van der Waals surface area contributed by atoms with Gasteiger partial charge in [0.25, 0.3) is 0 Å². The molecule has 1 aromatic carbocycles. The monoisotopic (exact) mass is 534 g/mol. The molecule has 1 aliphatic rings. The largest absolute Gasteiger partial charge is 0.490 e. The third kappa shape index (κ3) is 6.53. The molecule has 4 rings (SSSR count). The number of rotatable bonds is 10. The molecule has 3 aromatic rings. The van der Waals surface area contributed by atoms with Crippen LogP contribution in [0.25, 0.3) is 11.6 Å². The molecule has 0 saturated heterocycles. The van der Waals surface area contributed by atoms with Crippen molar-refractivity contribution in [1.29, 1.82) is 0 Å². The molecule has 3 heterocycles. The molecule has 0 bridgehead atoms. The number of halogens is 2. The van der Waals surface area contributed by atoms with E-state index in [2.05, 4.69) is 19.9 Å². The Hall–Kier alpha value is -3.29. The van der Waals surface area contributed by atoms with Crippen LogP contribution in [0.1, 0.15) is 37.1 Å². The van der Waals surface area contributed by atoms with Gasteiger partial charge in [0.15, 0.2) is 23.2 Å². The lowest BCUT2D eigenvalue weighted by atomic mass is 9.98. The fraction of sp³-hybridized carbons (Fsp3) is 0.417. The van der Waals surface area contributed by atoms with Crippen LogP contribution in [-0.2, 0) is 21.2 Å². The summed E-state index contributed by atoms with van der Waals surface area (Å²) < 4.78 is 62.2. The van der Waals surface area contributed by atoms with E-state index in [1.54, 1.807) is 24.7 Å². The number of ether oxygens (including phenoxy) is 2. The van der Waals surface area contributed by atoms with Gasteiger partial charge in [-0.15, -0.1) is 0 Å². The van der Waals surface area contributed by atoms with E-state index < -0.39 is 27.8 Å². The van der Waals surface area contributed by atoms with Crippen LogP contribution in [0.2, 0.25) is 0 Å². The molecule has 2 atom stereocenters. The van der Waals surface area contributed by atoms with Gasteiger partial charge in [-0.3, -0.25) is 0 Å². The molecule has 0 saturated carbocycles. The highest BCUT2D eigenvalue weighted by molar-refractivity contribution is 7.89. The van der Waals surface area contributed by atoms with Crippen LogP contribution in [0.3, 0.4) is 0 Å².